The lowest BCUT2D eigenvalue weighted by Crippen LogP contribution is -2.16. The first-order chi connectivity index (χ1) is 13.3. The fraction of sp³-hybridized carbons (Fsp3) is 0.375. The summed E-state index contributed by atoms with van der Waals surface area (Å²) in [6.07, 6.45) is 2.89. The van der Waals surface area contributed by atoms with Crippen LogP contribution in [-0.4, -0.2) is 56.5 Å². The van der Waals surface area contributed by atoms with Crippen LogP contribution in [0.4, 0.5) is 0 Å². The third-order valence-corrected chi connectivity index (χ3v) is 3.03. The van der Waals surface area contributed by atoms with Gasteiger partial charge < -0.3 is 30.9 Å². The summed E-state index contributed by atoms with van der Waals surface area (Å²) in [5.41, 5.74) is 11.2. The molecule has 0 atom stereocenters. The van der Waals surface area contributed by atoms with Crippen LogP contribution in [0.3, 0.4) is 0 Å². The third-order valence-electron chi connectivity index (χ3n) is 3.03. The van der Waals surface area contributed by atoms with Crippen molar-refractivity contribution in [3.63, 3.8) is 0 Å². The van der Waals surface area contributed by atoms with Crippen molar-refractivity contribution in [1.82, 2.24) is 19.9 Å². The van der Waals surface area contributed by atoms with Crippen LogP contribution in [0.15, 0.2) is 12.4 Å². The normalized spacial score (nSPS) is 9.86. The molecule has 0 saturated carbocycles. The Bertz CT molecular complexity index is 759. The Morgan fingerprint density at radius 2 is 1.18 bits per heavy atom. The minimum atomic E-state index is -0.496. The minimum absolute atomic E-state index is 0.0519. The molecule has 6 N–H and O–H groups in total. The molecule has 12 heteroatoms. The zero-order chi connectivity index (χ0) is 21.1. The number of hydrogen-bond donors (Lipinski definition) is 4. The predicted octanol–water partition coefficient (Wildman–Crippen LogP) is -0.772. The number of esters is 2. The maximum absolute atomic E-state index is 10.8. The first-order valence-corrected chi connectivity index (χ1v) is 8.07. The molecule has 2 rings (SSSR count). The highest BCUT2D eigenvalue weighted by molar-refractivity contribution is 5.90. The van der Waals surface area contributed by atoms with E-state index in [1.165, 1.54) is 26.2 Å². The molecule has 2 aromatic heterocycles. The maximum Gasteiger partial charge on any atom is 0.320 e. The van der Waals surface area contributed by atoms with Crippen molar-refractivity contribution < 1.29 is 28.7 Å². The van der Waals surface area contributed by atoms with E-state index in [1.54, 1.807) is 0 Å². The molecule has 0 radical (unpaired) electrons. The van der Waals surface area contributed by atoms with E-state index in [1.807, 2.05) is 0 Å². The molecule has 0 bridgehead atoms. The number of ether oxygens (including phenoxy) is 2. The van der Waals surface area contributed by atoms with Crippen LogP contribution in [0.5, 0.6) is 0 Å². The number of hydrogen-bond acceptors (Lipinski definition) is 10. The summed E-state index contributed by atoms with van der Waals surface area (Å²) in [5.74, 6) is -0.816. The quantitative estimate of drug-likeness (QED) is 0.326. The molecule has 0 aliphatic rings. The number of H-pyrrole nitrogens is 2. The second-order valence-corrected chi connectivity index (χ2v) is 5.36. The zero-order valence-corrected chi connectivity index (χ0v) is 15.5. The number of nitrogens with one attached hydrogen (secondary N) is 2. The molecule has 2 heterocycles. The van der Waals surface area contributed by atoms with Gasteiger partial charge in [0.1, 0.15) is 13.2 Å². The number of rotatable bonds is 8. The van der Waals surface area contributed by atoms with Crippen molar-refractivity contribution in [3.8, 4) is 0 Å². The molecular formula is C16H22N6O6. The van der Waals surface area contributed by atoms with E-state index in [0.717, 1.165) is 0 Å². The van der Waals surface area contributed by atoms with Crippen LogP contribution >= 0.6 is 0 Å². The second kappa shape index (κ2) is 11.4. The Labute approximate surface area is 160 Å². The van der Waals surface area contributed by atoms with Crippen LogP contribution in [0.1, 0.15) is 46.5 Å². The Kier molecular flexibility index (Phi) is 9.19. The van der Waals surface area contributed by atoms with Crippen molar-refractivity contribution >= 4 is 23.5 Å². The number of imidazole rings is 2. The number of carbonyl (C=O) groups excluding carboxylic acids is 4. The van der Waals surface area contributed by atoms with E-state index in [9.17, 15) is 19.2 Å². The van der Waals surface area contributed by atoms with Crippen molar-refractivity contribution in [3.05, 3.63) is 35.4 Å². The average Bonchev–Trinajstić information content (AvgIpc) is 3.34. The molecule has 0 aliphatic carbocycles. The first-order valence-electron chi connectivity index (χ1n) is 8.07. The van der Waals surface area contributed by atoms with Gasteiger partial charge in [0.05, 0.1) is 36.9 Å². The number of nitrogens with two attached hydrogens (primary N) is 2. The van der Waals surface area contributed by atoms with E-state index in [4.69, 9.17) is 20.9 Å². The maximum atomic E-state index is 10.8. The average molecular weight is 394 g/mol. The van der Waals surface area contributed by atoms with Gasteiger partial charge in [0, 0.05) is 13.8 Å². The molecule has 0 fully saturated rings. The predicted molar refractivity (Wildman–Crippen MR) is 94.9 cm³/mol. The molecule has 0 aromatic carbocycles. The number of Topliss-reactive ketones (excluding diaryl/α,β-unsaturated/α-hetero) is 2. The Balaban J connectivity index is 0.000000280. The van der Waals surface area contributed by atoms with E-state index >= 15 is 0 Å². The topological polar surface area (TPSA) is 196 Å². The fourth-order valence-corrected chi connectivity index (χ4v) is 1.66. The largest absolute Gasteiger partial charge is 0.458 e. The highest BCUT2D eigenvalue weighted by atomic mass is 16.5. The van der Waals surface area contributed by atoms with Gasteiger partial charge in [-0.25, -0.2) is 9.97 Å². The Morgan fingerprint density at radius 1 is 0.821 bits per heavy atom. The number of carbonyl (C=O) groups is 4. The highest BCUT2D eigenvalue weighted by Gasteiger charge is 2.07. The molecule has 0 spiro atoms. The van der Waals surface area contributed by atoms with Crippen LogP contribution in [-0.2, 0) is 32.3 Å². The summed E-state index contributed by atoms with van der Waals surface area (Å²) in [5, 5.41) is 0. The van der Waals surface area contributed by atoms with Gasteiger partial charge in [0.2, 0.25) is 0 Å². The lowest BCUT2D eigenvalue weighted by molar-refractivity contribution is -0.144. The van der Waals surface area contributed by atoms with Gasteiger partial charge in [-0.1, -0.05) is 0 Å². The lowest BCUT2D eigenvalue weighted by Gasteiger charge is -1.99. The summed E-state index contributed by atoms with van der Waals surface area (Å²) in [6.45, 7) is 2.58. The summed E-state index contributed by atoms with van der Waals surface area (Å²) in [7, 11) is 0. The van der Waals surface area contributed by atoms with Gasteiger partial charge in [0.25, 0.3) is 0 Å². The SMILES string of the molecule is CC(=O)c1ncc(COC(=O)CN)[nH]1.CC(=O)c1ncc(COC(=O)CN)[nH]1. The van der Waals surface area contributed by atoms with Crippen LogP contribution in [0.2, 0.25) is 0 Å². The summed E-state index contributed by atoms with van der Waals surface area (Å²) in [6, 6.07) is 0. The lowest BCUT2D eigenvalue weighted by atomic mass is 10.4. The van der Waals surface area contributed by atoms with E-state index < -0.39 is 11.9 Å². The Morgan fingerprint density at radius 3 is 1.43 bits per heavy atom. The minimum Gasteiger partial charge on any atom is -0.458 e. The van der Waals surface area contributed by atoms with Gasteiger partial charge >= 0.3 is 11.9 Å². The van der Waals surface area contributed by atoms with Gasteiger partial charge in [-0.2, -0.15) is 0 Å². The fourth-order valence-electron chi connectivity index (χ4n) is 1.66. The van der Waals surface area contributed by atoms with Crippen molar-refractivity contribution in [2.24, 2.45) is 11.5 Å². The Hall–Kier alpha value is -3.38. The van der Waals surface area contributed by atoms with Gasteiger partial charge in [0.15, 0.2) is 23.2 Å². The number of ketones is 2. The summed E-state index contributed by atoms with van der Waals surface area (Å²) >= 11 is 0. The van der Waals surface area contributed by atoms with E-state index in [-0.39, 0.29) is 49.5 Å². The number of aromatic nitrogens is 4. The standard InChI is InChI=1S/2C8H11N3O3/c2*1-5(12)8-10-3-6(11-8)4-14-7(13)2-9/h2*3H,2,4,9H2,1H3,(H,10,11). The molecule has 28 heavy (non-hydrogen) atoms. The molecule has 152 valence electrons. The van der Waals surface area contributed by atoms with Gasteiger partial charge in [-0.15, -0.1) is 0 Å². The molecule has 0 amide bonds. The summed E-state index contributed by atoms with van der Waals surface area (Å²) < 4.78 is 9.45. The van der Waals surface area contributed by atoms with Crippen LogP contribution < -0.4 is 11.5 Å². The van der Waals surface area contributed by atoms with Crippen molar-refractivity contribution in [2.75, 3.05) is 13.1 Å². The molecule has 0 unspecified atom stereocenters. The van der Waals surface area contributed by atoms with Gasteiger partial charge in [-0.05, 0) is 0 Å². The first kappa shape index (κ1) is 22.7. The highest BCUT2D eigenvalue weighted by Crippen LogP contribution is 2.00. The zero-order valence-electron chi connectivity index (χ0n) is 15.5. The molecule has 12 nitrogen and oxygen atoms in total. The van der Waals surface area contributed by atoms with E-state index in [2.05, 4.69) is 19.9 Å². The molecule has 2 aromatic rings. The monoisotopic (exact) mass is 394 g/mol. The van der Waals surface area contributed by atoms with E-state index in [0.29, 0.717) is 11.4 Å². The van der Waals surface area contributed by atoms with Crippen LogP contribution in [0, 0.1) is 0 Å². The number of nitrogens with zero attached hydrogens (tertiary/aromatic N) is 2. The van der Waals surface area contributed by atoms with Crippen molar-refractivity contribution in [1.29, 1.82) is 0 Å². The van der Waals surface area contributed by atoms with Crippen molar-refractivity contribution in [2.45, 2.75) is 27.1 Å². The van der Waals surface area contributed by atoms with Crippen LogP contribution in [0.25, 0.3) is 0 Å². The third kappa shape index (κ3) is 7.88. The van der Waals surface area contributed by atoms with Gasteiger partial charge in [-0.3, -0.25) is 19.2 Å². The molecule has 0 saturated heterocycles. The smallest absolute Gasteiger partial charge is 0.320 e. The number of aromatic amines is 2. The second-order valence-electron chi connectivity index (χ2n) is 5.36. The molecule has 0 aliphatic heterocycles. The summed E-state index contributed by atoms with van der Waals surface area (Å²) in [4.78, 5) is 56.0. The molecular weight excluding hydrogens is 372 g/mol.